The molecule has 0 aliphatic rings. The summed E-state index contributed by atoms with van der Waals surface area (Å²) in [4.78, 5) is 31.7. The molecule has 20 heavy (non-hydrogen) atoms. The van der Waals surface area contributed by atoms with Gasteiger partial charge in [-0.15, -0.1) is 0 Å². The van der Waals surface area contributed by atoms with Crippen LogP contribution in [-0.2, 0) is 7.05 Å². The average Bonchev–Trinajstić information content (AvgIpc) is 2.38. The number of carbonyl (C=O) groups excluding carboxylic acids is 1. The molecular formula is C13H15N5O2. The molecule has 0 fully saturated rings. The van der Waals surface area contributed by atoms with Gasteiger partial charge in [0.25, 0.3) is 5.56 Å². The first-order valence-corrected chi connectivity index (χ1v) is 5.99. The second-order valence-corrected chi connectivity index (χ2v) is 4.47. The molecule has 0 atom stereocenters. The number of urea groups is 1. The van der Waals surface area contributed by atoms with E-state index >= 15 is 0 Å². The molecule has 0 saturated carbocycles. The van der Waals surface area contributed by atoms with Crippen molar-refractivity contribution in [2.24, 2.45) is 7.05 Å². The molecule has 2 N–H and O–H groups in total. The zero-order valence-corrected chi connectivity index (χ0v) is 11.5. The number of rotatable bonds is 2. The first kappa shape index (κ1) is 13.7. The van der Waals surface area contributed by atoms with Crippen molar-refractivity contribution in [3.63, 3.8) is 0 Å². The summed E-state index contributed by atoms with van der Waals surface area (Å²) in [6, 6.07) is 1.08. The number of pyridine rings is 1. The topological polar surface area (TPSA) is 88.9 Å². The molecule has 2 rings (SSSR count). The Balaban J connectivity index is 2.12. The number of hydrogen-bond acceptors (Lipinski definition) is 4. The first-order chi connectivity index (χ1) is 9.45. The van der Waals surface area contributed by atoms with Crippen LogP contribution in [0.25, 0.3) is 0 Å². The van der Waals surface area contributed by atoms with E-state index in [0.29, 0.717) is 5.82 Å². The normalized spacial score (nSPS) is 10.2. The highest BCUT2D eigenvalue weighted by atomic mass is 16.2. The standard InChI is InChI=1S/C13H15N5O2/c1-8-4-10(12(19)18(3)7-8)16-13(20)17-11-6-14-9(2)5-15-11/h4-7H,1-3H3,(H2,15,16,17,20). The van der Waals surface area contributed by atoms with Crippen LogP contribution < -0.4 is 16.2 Å². The van der Waals surface area contributed by atoms with Gasteiger partial charge in [-0.05, 0) is 25.5 Å². The van der Waals surface area contributed by atoms with Crippen LogP contribution in [-0.4, -0.2) is 20.6 Å². The van der Waals surface area contributed by atoms with Crippen molar-refractivity contribution in [2.75, 3.05) is 10.6 Å². The molecule has 0 spiro atoms. The molecule has 0 aromatic carbocycles. The van der Waals surface area contributed by atoms with Gasteiger partial charge in [0.2, 0.25) is 0 Å². The van der Waals surface area contributed by atoms with E-state index in [1.54, 1.807) is 32.4 Å². The number of carbonyl (C=O) groups is 1. The summed E-state index contributed by atoms with van der Waals surface area (Å²) >= 11 is 0. The van der Waals surface area contributed by atoms with Crippen LogP contribution in [0.15, 0.2) is 29.5 Å². The summed E-state index contributed by atoms with van der Waals surface area (Å²) in [5.74, 6) is 0.317. The van der Waals surface area contributed by atoms with E-state index in [-0.39, 0.29) is 11.2 Å². The lowest BCUT2D eigenvalue weighted by atomic mass is 10.3. The lowest BCUT2D eigenvalue weighted by Crippen LogP contribution is -2.27. The molecule has 0 radical (unpaired) electrons. The molecule has 7 nitrogen and oxygen atoms in total. The van der Waals surface area contributed by atoms with Crippen molar-refractivity contribution in [1.82, 2.24) is 14.5 Å². The van der Waals surface area contributed by atoms with Crippen LogP contribution in [0, 0.1) is 13.8 Å². The highest BCUT2D eigenvalue weighted by molar-refractivity contribution is 5.98. The molecule has 0 aliphatic heterocycles. The minimum absolute atomic E-state index is 0.213. The maximum absolute atomic E-state index is 11.8. The van der Waals surface area contributed by atoms with E-state index in [9.17, 15) is 9.59 Å². The number of anilines is 2. The number of nitrogens with zero attached hydrogens (tertiary/aromatic N) is 3. The van der Waals surface area contributed by atoms with Gasteiger partial charge in [-0.25, -0.2) is 9.78 Å². The summed E-state index contributed by atoms with van der Waals surface area (Å²) in [5, 5.41) is 5.02. The van der Waals surface area contributed by atoms with Crippen molar-refractivity contribution < 1.29 is 4.79 Å². The van der Waals surface area contributed by atoms with E-state index in [1.165, 1.54) is 10.8 Å². The van der Waals surface area contributed by atoms with E-state index in [2.05, 4.69) is 20.6 Å². The van der Waals surface area contributed by atoms with Gasteiger partial charge < -0.3 is 9.88 Å². The highest BCUT2D eigenvalue weighted by Crippen LogP contribution is 2.05. The summed E-state index contributed by atoms with van der Waals surface area (Å²) in [5.41, 5.74) is 1.56. The number of aryl methyl sites for hydroxylation is 3. The second-order valence-electron chi connectivity index (χ2n) is 4.47. The zero-order valence-electron chi connectivity index (χ0n) is 11.5. The van der Waals surface area contributed by atoms with E-state index in [0.717, 1.165) is 11.3 Å². The van der Waals surface area contributed by atoms with Crippen molar-refractivity contribution in [3.8, 4) is 0 Å². The second kappa shape index (κ2) is 5.52. The fourth-order valence-electron chi connectivity index (χ4n) is 1.70. The lowest BCUT2D eigenvalue weighted by Gasteiger charge is -2.08. The molecule has 0 unspecified atom stereocenters. The number of nitrogens with one attached hydrogen (secondary N) is 2. The summed E-state index contributed by atoms with van der Waals surface area (Å²) in [6.07, 6.45) is 4.68. The van der Waals surface area contributed by atoms with Gasteiger partial charge >= 0.3 is 6.03 Å². The summed E-state index contributed by atoms with van der Waals surface area (Å²) < 4.78 is 1.41. The molecule has 2 amide bonds. The Morgan fingerprint density at radius 1 is 1.20 bits per heavy atom. The zero-order chi connectivity index (χ0) is 14.7. The predicted octanol–water partition coefficient (Wildman–Crippen LogP) is 1.44. The quantitative estimate of drug-likeness (QED) is 0.866. The van der Waals surface area contributed by atoms with Gasteiger partial charge in [0.15, 0.2) is 5.82 Å². The van der Waals surface area contributed by atoms with Crippen LogP contribution >= 0.6 is 0 Å². The van der Waals surface area contributed by atoms with Crippen LogP contribution in [0.3, 0.4) is 0 Å². The van der Waals surface area contributed by atoms with E-state index < -0.39 is 6.03 Å². The monoisotopic (exact) mass is 273 g/mol. The molecule has 0 saturated heterocycles. The Kier molecular flexibility index (Phi) is 3.79. The summed E-state index contributed by atoms with van der Waals surface area (Å²) in [6.45, 7) is 3.64. The Labute approximate surface area is 115 Å². The fourth-order valence-corrected chi connectivity index (χ4v) is 1.70. The molecule has 7 heteroatoms. The minimum Gasteiger partial charge on any atom is -0.317 e. The van der Waals surface area contributed by atoms with Gasteiger partial charge in [-0.2, -0.15) is 0 Å². The van der Waals surface area contributed by atoms with Gasteiger partial charge in [0.05, 0.1) is 18.1 Å². The maximum atomic E-state index is 11.8. The largest absolute Gasteiger partial charge is 0.325 e. The molecule has 2 aromatic rings. The highest BCUT2D eigenvalue weighted by Gasteiger charge is 2.08. The third kappa shape index (κ3) is 3.19. The Bertz CT molecular complexity index is 691. The van der Waals surface area contributed by atoms with Crippen molar-refractivity contribution >= 4 is 17.5 Å². The van der Waals surface area contributed by atoms with Crippen molar-refractivity contribution in [1.29, 1.82) is 0 Å². The van der Waals surface area contributed by atoms with E-state index in [4.69, 9.17) is 0 Å². The van der Waals surface area contributed by atoms with Crippen LogP contribution in [0.1, 0.15) is 11.3 Å². The van der Waals surface area contributed by atoms with Crippen LogP contribution in [0.5, 0.6) is 0 Å². The predicted molar refractivity (Wildman–Crippen MR) is 75.8 cm³/mol. The SMILES string of the molecule is Cc1cc(NC(=O)Nc2cnc(C)cn2)c(=O)n(C)c1. The van der Waals surface area contributed by atoms with Gasteiger partial charge in [-0.1, -0.05) is 0 Å². The molecule has 0 bridgehead atoms. The average molecular weight is 273 g/mol. The maximum Gasteiger partial charge on any atom is 0.325 e. The minimum atomic E-state index is -0.536. The number of hydrogen-bond donors (Lipinski definition) is 2. The third-order valence-electron chi connectivity index (χ3n) is 2.59. The third-order valence-corrected chi connectivity index (χ3v) is 2.59. The fraction of sp³-hybridized carbons (Fsp3) is 0.231. The van der Waals surface area contributed by atoms with Gasteiger partial charge in [0.1, 0.15) is 5.69 Å². The Morgan fingerprint density at radius 3 is 2.60 bits per heavy atom. The van der Waals surface area contributed by atoms with Gasteiger partial charge in [0, 0.05) is 13.2 Å². The molecular weight excluding hydrogens is 258 g/mol. The van der Waals surface area contributed by atoms with E-state index in [1.807, 2.05) is 6.92 Å². The number of amides is 2. The van der Waals surface area contributed by atoms with Crippen molar-refractivity contribution in [2.45, 2.75) is 13.8 Å². The van der Waals surface area contributed by atoms with Crippen LogP contribution in [0.4, 0.5) is 16.3 Å². The van der Waals surface area contributed by atoms with Gasteiger partial charge in [-0.3, -0.25) is 15.1 Å². The molecule has 2 aromatic heterocycles. The smallest absolute Gasteiger partial charge is 0.317 e. The summed E-state index contributed by atoms with van der Waals surface area (Å²) in [7, 11) is 1.63. The number of aromatic nitrogens is 3. The molecule has 0 aliphatic carbocycles. The van der Waals surface area contributed by atoms with Crippen molar-refractivity contribution in [3.05, 3.63) is 46.3 Å². The molecule has 104 valence electrons. The first-order valence-electron chi connectivity index (χ1n) is 5.99. The molecule has 2 heterocycles. The van der Waals surface area contributed by atoms with Crippen LogP contribution in [0.2, 0.25) is 0 Å². The lowest BCUT2D eigenvalue weighted by molar-refractivity contribution is 0.262. The Hall–Kier alpha value is -2.70. The Morgan fingerprint density at radius 2 is 1.95 bits per heavy atom.